The molecule has 1 unspecified atom stereocenters. The summed E-state index contributed by atoms with van der Waals surface area (Å²) in [7, 11) is 2.11. The number of morpholine rings is 1. The van der Waals surface area contributed by atoms with Gasteiger partial charge in [0.05, 0.1) is 12.7 Å². The zero-order valence-electron chi connectivity index (χ0n) is 11.1. The van der Waals surface area contributed by atoms with Gasteiger partial charge in [-0.15, -0.1) is 0 Å². The molecule has 1 fully saturated rings. The van der Waals surface area contributed by atoms with E-state index in [1.807, 2.05) is 25.1 Å². The van der Waals surface area contributed by atoms with Gasteiger partial charge in [-0.1, -0.05) is 18.2 Å². The van der Waals surface area contributed by atoms with E-state index in [2.05, 4.69) is 17.3 Å². The molecule has 0 radical (unpaired) electrons. The number of hydrogen-bond donors (Lipinski definition) is 2. The van der Waals surface area contributed by atoms with Crippen LogP contribution in [-0.4, -0.2) is 49.4 Å². The Kier molecular flexibility index (Phi) is 4.58. The molecule has 0 spiro atoms. The molecule has 0 amide bonds. The normalized spacial score (nSPS) is 21.1. The number of phenolic OH excluding ortho intramolecular Hbond substituents is 1. The molecule has 0 bridgehead atoms. The second-order valence-electron chi connectivity index (χ2n) is 4.97. The van der Waals surface area contributed by atoms with E-state index < -0.39 is 0 Å². The highest BCUT2D eigenvalue weighted by Gasteiger charge is 2.17. The summed E-state index contributed by atoms with van der Waals surface area (Å²) >= 11 is 0. The van der Waals surface area contributed by atoms with E-state index in [4.69, 9.17) is 4.74 Å². The molecule has 1 aromatic rings. The van der Waals surface area contributed by atoms with Crippen LogP contribution in [0, 0.1) is 6.92 Å². The van der Waals surface area contributed by atoms with Gasteiger partial charge in [0.2, 0.25) is 0 Å². The average Bonchev–Trinajstić information content (AvgIpc) is 2.35. The van der Waals surface area contributed by atoms with Gasteiger partial charge in [-0.05, 0) is 19.5 Å². The van der Waals surface area contributed by atoms with Gasteiger partial charge in [0.25, 0.3) is 0 Å². The lowest BCUT2D eigenvalue weighted by atomic mass is 10.1. The van der Waals surface area contributed by atoms with Crippen LogP contribution in [0.3, 0.4) is 0 Å². The topological polar surface area (TPSA) is 44.7 Å². The van der Waals surface area contributed by atoms with Crippen molar-refractivity contribution in [3.05, 3.63) is 29.3 Å². The second-order valence-corrected chi connectivity index (χ2v) is 4.97. The van der Waals surface area contributed by atoms with Gasteiger partial charge in [-0.2, -0.15) is 0 Å². The molecule has 1 saturated heterocycles. The minimum absolute atomic E-state index is 0.246. The fourth-order valence-corrected chi connectivity index (χ4v) is 2.22. The predicted molar refractivity (Wildman–Crippen MR) is 71.8 cm³/mol. The van der Waals surface area contributed by atoms with Crippen LogP contribution >= 0.6 is 0 Å². The Hall–Kier alpha value is -1.10. The maximum absolute atomic E-state index is 9.90. The molecule has 100 valence electrons. The number of ether oxygens (including phenoxy) is 1. The van der Waals surface area contributed by atoms with Crippen LogP contribution in [0.25, 0.3) is 0 Å². The van der Waals surface area contributed by atoms with Crippen molar-refractivity contribution in [3.63, 3.8) is 0 Å². The molecule has 1 aliphatic heterocycles. The zero-order chi connectivity index (χ0) is 13.0. The molecule has 1 atom stereocenters. The van der Waals surface area contributed by atoms with Crippen molar-refractivity contribution in [2.45, 2.75) is 19.6 Å². The molecule has 0 saturated carbocycles. The average molecular weight is 250 g/mol. The summed E-state index contributed by atoms with van der Waals surface area (Å²) in [6.45, 7) is 6.19. The highest BCUT2D eigenvalue weighted by Crippen LogP contribution is 2.20. The van der Waals surface area contributed by atoms with Crippen molar-refractivity contribution in [2.75, 3.05) is 33.3 Å². The fraction of sp³-hybridized carbons (Fsp3) is 0.571. The molecule has 4 heteroatoms. The van der Waals surface area contributed by atoms with Gasteiger partial charge < -0.3 is 20.1 Å². The van der Waals surface area contributed by atoms with E-state index in [1.165, 1.54) is 0 Å². The van der Waals surface area contributed by atoms with Crippen LogP contribution in [-0.2, 0) is 11.3 Å². The van der Waals surface area contributed by atoms with Crippen LogP contribution in [0.15, 0.2) is 18.2 Å². The van der Waals surface area contributed by atoms with E-state index in [0.29, 0.717) is 12.3 Å². The predicted octanol–water partition coefficient (Wildman–Crippen LogP) is 1.12. The first kappa shape index (κ1) is 13.3. The quantitative estimate of drug-likeness (QED) is 0.840. The Bertz CT molecular complexity index is 395. The highest BCUT2D eigenvalue weighted by atomic mass is 16.5. The van der Waals surface area contributed by atoms with Crippen LogP contribution in [0.5, 0.6) is 5.75 Å². The van der Waals surface area contributed by atoms with Crippen LogP contribution in [0.4, 0.5) is 0 Å². The summed E-state index contributed by atoms with van der Waals surface area (Å²) in [4.78, 5) is 2.28. The SMILES string of the molecule is Cc1cccc(CNCC2CN(C)CCO2)c1O. The van der Waals surface area contributed by atoms with Crippen molar-refractivity contribution in [2.24, 2.45) is 0 Å². The summed E-state index contributed by atoms with van der Waals surface area (Å²) in [5, 5.41) is 13.2. The second kappa shape index (κ2) is 6.18. The first-order valence-electron chi connectivity index (χ1n) is 6.45. The lowest BCUT2D eigenvalue weighted by Gasteiger charge is -2.30. The Balaban J connectivity index is 1.79. The third-order valence-electron chi connectivity index (χ3n) is 3.35. The molecule has 1 aromatic carbocycles. The third kappa shape index (κ3) is 3.45. The minimum atomic E-state index is 0.246. The molecule has 18 heavy (non-hydrogen) atoms. The molecule has 1 aliphatic rings. The summed E-state index contributed by atoms with van der Waals surface area (Å²) < 4.78 is 5.67. The van der Waals surface area contributed by atoms with E-state index in [9.17, 15) is 5.11 Å². The number of para-hydroxylation sites is 1. The fourth-order valence-electron chi connectivity index (χ4n) is 2.22. The summed E-state index contributed by atoms with van der Waals surface area (Å²) in [6.07, 6.45) is 0.246. The first-order valence-corrected chi connectivity index (χ1v) is 6.45. The Morgan fingerprint density at radius 3 is 3.11 bits per heavy atom. The smallest absolute Gasteiger partial charge is 0.122 e. The zero-order valence-corrected chi connectivity index (χ0v) is 11.1. The largest absolute Gasteiger partial charge is 0.507 e. The van der Waals surface area contributed by atoms with Crippen molar-refractivity contribution >= 4 is 0 Å². The summed E-state index contributed by atoms with van der Waals surface area (Å²) in [5.74, 6) is 0.395. The van der Waals surface area contributed by atoms with E-state index >= 15 is 0 Å². The first-order chi connectivity index (χ1) is 8.66. The van der Waals surface area contributed by atoms with Crippen molar-refractivity contribution in [3.8, 4) is 5.75 Å². The number of aryl methyl sites for hydroxylation is 1. The number of likely N-dealkylation sites (N-methyl/N-ethyl adjacent to an activating group) is 1. The van der Waals surface area contributed by atoms with Gasteiger partial charge >= 0.3 is 0 Å². The maximum Gasteiger partial charge on any atom is 0.122 e. The Labute approximate surface area is 109 Å². The lowest BCUT2D eigenvalue weighted by Crippen LogP contribution is -2.44. The van der Waals surface area contributed by atoms with E-state index in [0.717, 1.165) is 37.4 Å². The van der Waals surface area contributed by atoms with Crippen LogP contribution in [0.2, 0.25) is 0 Å². The molecule has 1 heterocycles. The number of rotatable bonds is 4. The maximum atomic E-state index is 9.90. The van der Waals surface area contributed by atoms with Gasteiger partial charge in [-0.3, -0.25) is 0 Å². The van der Waals surface area contributed by atoms with E-state index in [-0.39, 0.29) is 6.10 Å². The van der Waals surface area contributed by atoms with Gasteiger partial charge in [-0.25, -0.2) is 0 Å². The number of aromatic hydroxyl groups is 1. The number of benzene rings is 1. The third-order valence-corrected chi connectivity index (χ3v) is 3.35. The molecule has 2 N–H and O–H groups in total. The number of nitrogens with zero attached hydrogens (tertiary/aromatic N) is 1. The van der Waals surface area contributed by atoms with Gasteiger partial charge in [0.1, 0.15) is 5.75 Å². The lowest BCUT2D eigenvalue weighted by molar-refractivity contribution is -0.0182. The summed E-state index contributed by atoms with van der Waals surface area (Å²) in [5.41, 5.74) is 1.86. The molecule has 0 aromatic heterocycles. The van der Waals surface area contributed by atoms with Crippen molar-refractivity contribution in [1.82, 2.24) is 10.2 Å². The van der Waals surface area contributed by atoms with Gasteiger partial charge in [0, 0.05) is 31.7 Å². The number of hydrogen-bond acceptors (Lipinski definition) is 4. The Morgan fingerprint density at radius 1 is 1.50 bits per heavy atom. The van der Waals surface area contributed by atoms with E-state index in [1.54, 1.807) is 0 Å². The van der Waals surface area contributed by atoms with Crippen molar-refractivity contribution in [1.29, 1.82) is 0 Å². The van der Waals surface area contributed by atoms with Gasteiger partial charge in [0.15, 0.2) is 0 Å². The monoisotopic (exact) mass is 250 g/mol. The summed E-state index contributed by atoms with van der Waals surface area (Å²) in [6, 6.07) is 5.83. The standard InChI is InChI=1S/C14H22N2O2/c1-11-4-3-5-12(14(11)17)8-15-9-13-10-16(2)6-7-18-13/h3-5,13,15,17H,6-10H2,1-2H3. The number of nitrogens with one attached hydrogen (secondary N) is 1. The molecule has 2 rings (SSSR count). The molecular weight excluding hydrogens is 228 g/mol. The number of phenols is 1. The minimum Gasteiger partial charge on any atom is -0.507 e. The Morgan fingerprint density at radius 2 is 2.33 bits per heavy atom. The molecule has 4 nitrogen and oxygen atoms in total. The van der Waals surface area contributed by atoms with Crippen LogP contribution < -0.4 is 5.32 Å². The van der Waals surface area contributed by atoms with Crippen molar-refractivity contribution < 1.29 is 9.84 Å². The molecular formula is C14H22N2O2. The van der Waals surface area contributed by atoms with Crippen LogP contribution in [0.1, 0.15) is 11.1 Å². The molecule has 0 aliphatic carbocycles. The highest BCUT2D eigenvalue weighted by molar-refractivity contribution is 5.39.